The minimum absolute atomic E-state index is 0.187. The van der Waals surface area contributed by atoms with Crippen molar-refractivity contribution in [1.82, 2.24) is 0 Å². The van der Waals surface area contributed by atoms with Gasteiger partial charge < -0.3 is 9.47 Å². The summed E-state index contributed by atoms with van der Waals surface area (Å²) in [5.41, 5.74) is -1.18. The third-order valence-electron chi connectivity index (χ3n) is 3.97. The molecule has 14 heavy (non-hydrogen) atoms. The van der Waals surface area contributed by atoms with Crippen molar-refractivity contribution < 1.29 is 19.1 Å². The van der Waals surface area contributed by atoms with Gasteiger partial charge in [0, 0.05) is 12.8 Å². The molecule has 1 spiro atoms. The predicted molar refractivity (Wildman–Crippen MR) is 45.3 cm³/mol. The molecule has 2 heterocycles. The molecule has 3 fully saturated rings. The largest absolute Gasteiger partial charge is 0.455 e. The second-order valence-electron chi connectivity index (χ2n) is 4.61. The molecule has 2 bridgehead atoms. The van der Waals surface area contributed by atoms with E-state index in [1.807, 2.05) is 6.92 Å². The van der Waals surface area contributed by atoms with Crippen molar-refractivity contribution in [2.24, 2.45) is 5.92 Å². The first-order chi connectivity index (χ1) is 6.57. The summed E-state index contributed by atoms with van der Waals surface area (Å²) in [5.74, 6) is -0.589. The maximum atomic E-state index is 11.5. The first kappa shape index (κ1) is 8.26. The molecule has 3 rings (SSSR count). The van der Waals surface area contributed by atoms with Crippen molar-refractivity contribution in [3.8, 4) is 0 Å². The topological polar surface area (TPSA) is 52.6 Å². The van der Waals surface area contributed by atoms with Gasteiger partial charge in [-0.15, -0.1) is 0 Å². The summed E-state index contributed by atoms with van der Waals surface area (Å²) in [6.45, 7) is 1.89. The van der Waals surface area contributed by atoms with Crippen molar-refractivity contribution in [3.63, 3.8) is 0 Å². The summed E-state index contributed by atoms with van der Waals surface area (Å²) in [5, 5.41) is 0. The molecule has 0 aromatic rings. The smallest absolute Gasteiger partial charge is 0.313 e. The van der Waals surface area contributed by atoms with Crippen molar-refractivity contribution >= 4 is 11.9 Å². The Morgan fingerprint density at radius 1 is 1.29 bits per heavy atom. The zero-order chi connectivity index (χ0) is 9.97. The summed E-state index contributed by atoms with van der Waals surface area (Å²) in [6, 6.07) is 0. The van der Waals surface area contributed by atoms with E-state index in [4.69, 9.17) is 9.47 Å². The Morgan fingerprint density at radius 3 is 2.50 bits per heavy atom. The Morgan fingerprint density at radius 2 is 2.07 bits per heavy atom. The standard InChI is InChI=1S/C10H12O4/c1-9-4-2-6(8(12)14-9)10(9)5-3-7(11)13-10/h6H,2-5H2,1H3/t6-,9-,10-/m0/s1. The molecule has 0 unspecified atom stereocenters. The highest BCUT2D eigenvalue weighted by atomic mass is 16.6. The number of hydrogen-bond donors (Lipinski definition) is 0. The molecule has 0 aromatic carbocycles. The zero-order valence-corrected chi connectivity index (χ0v) is 8.04. The van der Waals surface area contributed by atoms with Crippen molar-refractivity contribution in [2.75, 3.05) is 0 Å². The Hall–Kier alpha value is -1.06. The lowest BCUT2D eigenvalue weighted by molar-refractivity contribution is -0.166. The Bertz CT molecular complexity index is 337. The monoisotopic (exact) mass is 196 g/mol. The molecule has 1 aliphatic carbocycles. The van der Waals surface area contributed by atoms with E-state index in [2.05, 4.69) is 0 Å². The van der Waals surface area contributed by atoms with Gasteiger partial charge in [-0.25, -0.2) is 0 Å². The third-order valence-corrected chi connectivity index (χ3v) is 3.97. The number of ether oxygens (including phenoxy) is 2. The van der Waals surface area contributed by atoms with E-state index >= 15 is 0 Å². The predicted octanol–water partition coefficient (Wildman–Crippen LogP) is 0.788. The Balaban J connectivity index is 2.08. The molecule has 0 amide bonds. The highest BCUT2D eigenvalue weighted by molar-refractivity contribution is 5.82. The normalized spacial score (nSPS) is 49.9. The summed E-state index contributed by atoms with van der Waals surface area (Å²) < 4.78 is 10.7. The van der Waals surface area contributed by atoms with E-state index < -0.39 is 11.2 Å². The van der Waals surface area contributed by atoms with Gasteiger partial charge in [0.2, 0.25) is 0 Å². The highest BCUT2D eigenvalue weighted by Crippen LogP contribution is 2.58. The number of carbonyl (C=O) groups is 2. The summed E-state index contributed by atoms with van der Waals surface area (Å²) >= 11 is 0. The lowest BCUT2D eigenvalue weighted by atomic mass is 9.82. The molecule has 4 nitrogen and oxygen atoms in total. The first-order valence-corrected chi connectivity index (χ1v) is 5.02. The van der Waals surface area contributed by atoms with Gasteiger partial charge in [0.25, 0.3) is 0 Å². The van der Waals surface area contributed by atoms with Crippen LogP contribution in [0.2, 0.25) is 0 Å². The molecule has 2 aliphatic heterocycles. The van der Waals surface area contributed by atoms with Crippen LogP contribution in [0.1, 0.15) is 32.6 Å². The maximum absolute atomic E-state index is 11.5. The number of esters is 2. The van der Waals surface area contributed by atoms with Crippen LogP contribution in [-0.2, 0) is 19.1 Å². The van der Waals surface area contributed by atoms with Crippen LogP contribution in [0.3, 0.4) is 0 Å². The molecule has 0 radical (unpaired) electrons. The van der Waals surface area contributed by atoms with Crippen LogP contribution in [0.25, 0.3) is 0 Å². The minimum atomic E-state index is -0.624. The van der Waals surface area contributed by atoms with Crippen LogP contribution in [0.4, 0.5) is 0 Å². The van der Waals surface area contributed by atoms with Crippen molar-refractivity contribution in [1.29, 1.82) is 0 Å². The van der Waals surface area contributed by atoms with Gasteiger partial charge in [0.1, 0.15) is 11.5 Å². The molecule has 76 valence electrons. The quantitative estimate of drug-likeness (QED) is 0.537. The Kier molecular flexibility index (Phi) is 1.25. The molecule has 3 atom stereocenters. The SMILES string of the molecule is C[C@@]12CC[C@@H](C(=O)O1)[C@@]21CCC(=O)O1. The second kappa shape index (κ2) is 2.12. The molecule has 4 heteroatoms. The van der Waals surface area contributed by atoms with Gasteiger partial charge in [0.15, 0.2) is 5.60 Å². The lowest BCUT2D eigenvalue weighted by Crippen LogP contribution is -2.46. The van der Waals surface area contributed by atoms with Gasteiger partial charge in [-0.05, 0) is 19.8 Å². The van der Waals surface area contributed by atoms with E-state index in [1.165, 1.54) is 0 Å². The minimum Gasteiger partial charge on any atom is -0.455 e. The van der Waals surface area contributed by atoms with Gasteiger partial charge in [-0.3, -0.25) is 9.59 Å². The Labute approximate surface area is 81.6 Å². The molecular formula is C10H12O4. The molecular weight excluding hydrogens is 184 g/mol. The van der Waals surface area contributed by atoms with Gasteiger partial charge in [-0.2, -0.15) is 0 Å². The number of rotatable bonds is 0. The van der Waals surface area contributed by atoms with E-state index in [0.29, 0.717) is 12.8 Å². The molecule has 3 aliphatic rings. The maximum Gasteiger partial charge on any atom is 0.313 e. The van der Waals surface area contributed by atoms with Crippen LogP contribution in [0.15, 0.2) is 0 Å². The van der Waals surface area contributed by atoms with Crippen LogP contribution in [-0.4, -0.2) is 23.1 Å². The van der Waals surface area contributed by atoms with Gasteiger partial charge >= 0.3 is 11.9 Å². The third kappa shape index (κ3) is 0.678. The van der Waals surface area contributed by atoms with Crippen molar-refractivity contribution in [3.05, 3.63) is 0 Å². The number of carbonyl (C=O) groups excluding carboxylic acids is 2. The fraction of sp³-hybridized carbons (Fsp3) is 0.800. The van der Waals surface area contributed by atoms with Crippen LogP contribution >= 0.6 is 0 Å². The summed E-state index contributed by atoms with van der Waals surface area (Å²) in [4.78, 5) is 22.7. The fourth-order valence-corrected chi connectivity index (χ4v) is 3.18. The zero-order valence-electron chi connectivity index (χ0n) is 8.04. The summed E-state index contributed by atoms with van der Waals surface area (Å²) in [6.07, 6.45) is 2.67. The molecule has 0 aromatic heterocycles. The van der Waals surface area contributed by atoms with Crippen LogP contribution in [0, 0.1) is 5.92 Å². The molecule has 0 N–H and O–H groups in total. The lowest BCUT2D eigenvalue weighted by Gasteiger charge is -2.32. The van der Waals surface area contributed by atoms with E-state index in [1.54, 1.807) is 0 Å². The van der Waals surface area contributed by atoms with Gasteiger partial charge in [-0.1, -0.05) is 0 Å². The van der Waals surface area contributed by atoms with E-state index in [-0.39, 0.29) is 17.9 Å². The second-order valence-corrected chi connectivity index (χ2v) is 4.61. The molecule has 1 saturated carbocycles. The van der Waals surface area contributed by atoms with E-state index in [0.717, 1.165) is 12.8 Å². The average molecular weight is 196 g/mol. The highest BCUT2D eigenvalue weighted by Gasteiger charge is 2.72. The average Bonchev–Trinajstić information content (AvgIpc) is 2.65. The first-order valence-electron chi connectivity index (χ1n) is 5.02. The summed E-state index contributed by atoms with van der Waals surface area (Å²) in [7, 11) is 0. The van der Waals surface area contributed by atoms with E-state index in [9.17, 15) is 9.59 Å². The van der Waals surface area contributed by atoms with Gasteiger partial charge in [0.05, 0.1) is 0 Å². The van der Waals surface area contributed by atoms with Crippen LogP contribution < -0.4 is 0 Å². The van der Waals surface area contributed by atoms with Crippen molar-refractivity contribution in [2.45, 2.75) is 43.8 Å². The molecule has 2 saturated heterocycles. The van der Waals surface area contributed by atoms with Crippen LogP contribution in [0.5, 0.6) is 0 Å². The fourth-order valence-electron chi connectivity index (χ4n) is 3.18. The number of hydrogen-bond acceptors (Lipinski definition) is 4.